The van der Waals surface area contributed by atoms with Crippen LogP contribution in [0.25, 0.3) is 10.9 Å². The summed E-state index contributed by atoms with van der Waals surface area (Å²) in [4.78, 5) is 31.7. The molecule has 240 valence electrons. The number of alkyl carbamates (subject to hydrolysis) is 1. The number of sulfone groups is 1. The summed E-state index contributed by atoms with van der Waals surface area (Å²) >= 11 is 12.6. The maximum Gasteiger partial charge on any atom is 0.416 e. The quantitative estimate of drug-likeness (QED) is 0.324. The third-order valence-electron chi connectivity index (χ3n) is 7.15. The zero-order valence-electron chi connectivity index (χ0n) is 24.6. The van der Waals surface area contributed by atoms with Crippen LogP contribution in [0.4, 0.5) is 18.0 Å². The van der Waals surface area contributed by atoms with Gasteiger partial charge >= 0.3 is 12.3 Å². The molecule has 2 heterocycles. The predicted octanol–water partition coefficient (Wildman–Crippen LogP) is 6.05. The van der Waals surface area contributed by atoms with Crippen molar-refractivity contribution in [1.82, 2.24) is 19.8 Å². The number of halogens is 5. The molecule has 0 spiro atoms. The predicted molar refractivity (Wildman–Crippen MR) is 162 cm³/mol. The van der Waals surface area contributed by atoms with E-state index in [1.54, 1.807) is 25.7 Å². The fourth-order valence-corrected chi connectivity index (χ4v) is 6.77. The zero-order chi connectivity index (χ0) is 32.6. The summed E-state index contributed by atoms with van der Waals surface area (Å²) in [5, 5.41) is 2.33. The van der Waals surface area contributed by atoms with E-state index in [0.717, 1.165) is 17.0 Å². The van der Waals surface area contributed by atoms with Crippen LogP contribution in [0.1, 0.15) is 57.2 Å². The lowest BCUT2D eigenvalue weighted by Gasteiger charge is -2.34. The smallest absolute Gasteiger partial charge is 0.416 e. The van der Waals surface area contributed by atoms with Gasteiger partial charge in [0, 0.05) is 24.2 Å². The fraction of sp³-hybridized carbons (Fsp3) is 0.483. The number of hydrogen-bond acceptors (Lipinski definition) is 7. The molecule has 44 heavy (non-hydrogen) atoms. The van der Waals surface area contributed by atoms with Crippen molar-refractivity contribution in [1.29, 1.82) is 0 Å². The Morgan fingerprint density at radius 3 is 2.50 bits per heavy atom. The van der Waals surface area contributed by atoms with E-state index in [-0.39, 0.29) is 68.4 Å². The van der Waals surface area contributed by atoms with Crippen molar-refractivity contribution >= 4 is 50.0 Å². The average Bonchev–Trinajstić information content (AvgIpc) is 2.90. The lowest BCUT2D eigenvalue weighted by molar-refractivity contribution is -0.138. The van der Waals surface area contributed by atoms with Gasteiger partial charge in [0.2, 0.25) is 0 Å². The molecule has 1 aliphatic heterocycles. The van der Waals surface area contributed by atoms with Gasteiger partial charge in [0.15, 0.2) is 9.84 Å². The van der Waals surface area contributed by atoms with Crippen LogP contribution in [0.3, 0.4) is 0 Å². The van der Waals surface area contributed by atoms with E-state index in [1.807, 2.05) is 0 Å². The summed E-state index contributed by atoms with van der Waals surface area (Å²) in [5.41, 5.74) is -2.75. The Morgan fingerprint density at radius 2 is 1.86 bits per heavy atom. The lowest BCUT2D eigenvalue weighted by atomic mass is 10.0. The summed E-state index contributed by atoms with van der Waals surface area (Å²) in [6, 6.07) is 4.52. The van der Waals surface area contributed by atoms with Crippen LogP contribution in [0.2, 0.25) is 10.0 Å². The van der Waals surface area contributed by atoms with Gasteiger partial charge in [-0.15, -0.1) is 0 Å². The van der Waals surface area contributed by atoms with Crippen LogP contribution in [-0.4, -0.2) is 59.4 Å². The van der Waals surface area contributed by atoms with Crippen molar-refractivity contribution in [3.8, 4) is 0 Å². The number of aromatic nitrogens is 2. The zero-order valence-corrected chi connectivity index (χ0v) is 26.9. The van der Waals surface area contributed by atoms with Crippen molar-refractivity contribution in [2.75, 3.05) is 18.8 Å². The molecule has 0 unspecified atom stereocenters. The number of likely N-dealkylation sites (tertiary alicyclic amines) is 1. The summed E-state index contributed by atoms with van der Waals surface area (Å²) in [7, 11) is -3.69. The largest absolute Gasteiger partial charge is 0.444 e. The average molecular weight is 678 g/mol. The Bertz CT molecular complexity index is 1740. The van der Waals surface area contributed by atoms with E-state index >= 15 is 0 Å². The molecular weight excluding hydrogens is 644 g/mol. The Morgan fingerprint density at radius 1 is 1.16 bits per heavy atom. The second-order valence-electron chi connectivity index (χ2n) is 11.7. The first-order valence-electron chi connectivity index (χ1n) is 13.9. The number of carbonyl (C=O) groups excluding carboxylic acids is 1. The Hall–Kier alpha value is -2.87. The highest BCUT2D eigenvalue weighted by atomic mass is 35.5. The van der Waals surface area contributed by atoms with Crippen LogP contribution >= 0.6 is 23.2 Å². The molecule has 15 heteroatoms. The monoisotopic (exact) mass is 676 g/mol. The van der Waals surface area contributed by atoms with Gasteiger partial charge in [0.1, 0.15) is 5.60 Å². The van der Waals surface area contributed by atoms with Gasteiger partial charge in [0.25, 0.3) is 5.56 Å². The number of ether oxygens (including phenoxy) is 1. The van der Waals surface area contributed by atoms with E-state index in [4.69, 9.17) is 27.9 Å². The molecule has 2 aromatic carbocycles. The maximum atomic E-state index is 14.4. The van der Waals surface area contributed by atoms with Gasteiger partial charge in [0.05, 0.1) is 45.0 Å². The minimum atomic E-state index is -4.85. The van der Waals surface area contributed by atoms with E-state index in [2.05, 4.69) is 10.3 Å². The lowest BCUT2D eigenvalue weighted by Crippen LogP contribution is -2.48. The number of fused-ring (bicyclic) bond motifs is 1. The molecule has 0 saturated carbocycles. The molecule has 1 atom stereocenters. The van der Waals surface area contributed by atoms with Gasteiger partial charge in [-0.2, -0.15) is 13.2 Å². The van der Waals surface area contributed by atoms with Crippen LogP contribution in [0.5, 0.6) is 0 Å². The molecule has 0 aliphatic carbocycles. The molecule has 1 fully saturated rings. The highest BCUT2D eigenvalue weighted by Crippen LogP contribution is 2.39. The minimum absolute atomic E-state index is 0.0400. The van der Waals surface area contributed by atoms with Crippen LogP contribution in [0.15, 0.2) is 40.3 Å². The van der Waals surface area contributed by atoms with Crippen molar-refractivity contribution in [2.45, 2.75) is 76.3 Å². The summed E-state index contributed by atoms with van der Waals surface area (Å²) in [6.07, 6.45) is -3.09. The SMILES string of the molecule is CCS(=O)(=O)c1ccc(Cl)cc1Cn1cnc2c(Cl)c(CN3CCC[C@@H](NC(=O)OC(C)(C)C)C3)c(C(F)(F)F)cc2c1=O. The van der Waals surface area contributed by atoms with Crippen molar-refractivity contribution in [3.05, 3.63) is 67.7 Å². The highest BCUT2D eigenvalue weighted by molar-refractivity contribution is 7.91. The van der Waals surface area contributed by atoms with Gasteiger partial charge in [-0.05, 0) is 75.5 Å². The molecule has 0 radical (unpaired) electrons. The molecule has 3 aromatic rings. The number of benzene rings is 2. The number of nitrogens with zero attached hydrogens (tertiary/aromatic N) is 3. The number of amides is 1. The first kappa shape index (κ1) is 34.0. The second-order valence-corrected chi connectivity index (χ2v) is 14.7. The highest BCUT2D eigenvalue weighted by Gasteiger charge is 2.37. The third kappa shape index (κ3) is 7.85. The van der Waals surface area contributed by atoms with Gasteiger partial charge in [-0.3, -0.25) is 14.3 Å². The van der Waals surface area contributed by atoms with Gasteiger partial charge in [-0.1, -0.05) is 30.1 Å². The number of carbonyl (C=O) groups is 1. The van der Waals surface area contributed by atoms with E-state index in [0.29, 0.717) is 19.4 Å². The summed E-state index contributed by atoms with van der Waals surface area (Å²) in [6.45, 7) is 6.91. The topological polar surface area (TPSA) is 111 Å². The number of rotatable bonds is 7. The Balaban J connectivity index is 1.70. The van der Waals surface area contributed by atoms with Crippen LogP contribution in [-0.2, 0) is 33.8 Å². The van der Waals surface area contributed by atoms with Crippen molar-refractivity contribution in [2.24, 2.45) is 0 Å². The molecule has 1 amide bonds. The molecule has 0 bridgehead atoms. The molecular formula is C29H33Cl2F3N4O5S. The molecule has 9 nitrogen and oxygen atoms in total. The Labute approximate surface area is 263 Å². The molecule has 1 aliphatic rings. The normalized spacial score (nSPS) is 16.7. The standard InChI is InChI=1S/C29H33Cl2F3N4O5S/c1-5-44(41,42)23-9-8-18(30)11-17(23)13-38-16-35-25-20(26(38)39)12-22(29(32,33)34)21(24(25)31)15-37-10-6-7-19(14-37)36-27(40)43-28(2,3)4/h8-9,11-12,16,19H,5-7,10,13-15H2,1-4H3,(H,36,40)/t19-/m1/s1. The Kier molecular flexibility index (Phi) is 9.94. The van der Waals surface area contributed by atoms with Crippen molar-refractivity contribution < 1.29 is 31.1 Å². The molecule has 1 saturated heterocycles. The number of alkyl halides is 3. The third-order valence-corrected chi connectivity index (χ3v) is 9.62. The van der Waals surface area contributed by atoms with Gasteiger partial charge < -0.3 is 10.1 Å². The fourth-order valence-electron chi connectivity index (χ4n) is 5.15. The number of piperidine rings is 1. The van der Waals surface area contributed by atoms with E-state index in [1.165, 1.54) is 25.1 Å². The van der Waals surface area contributed by atoms with Crippen LogP contribution < -0.4 is 10.9 Å². The van der Waals surface area contributed by atoms with Gasteiger partial charge in [-0.25, -0.2) is 18.2 Å². The minimum Gasteiger partial charge on any atom is -0.444 e. The number of nitrogens with one attached hydrogen (secondary N) is 1. The molecule has 4 rings (SSSR count). The van der Waals surface area contributed by atoms with Crippen LogP contribution in [0, 0.1) is 0 Å². The molecule has 1 aromatic heterocycles. The number of hydrogen-bond donors (Lipinski definition) is 1. The van der Waals surface area contributed by atoms with Crippen molar-refractivity contribution in [3.63, 3.8) is 0 Å². The summed E-state index contributed by atoms with van der Waals surface area (Å²) < 4.78 is 74.8. The summed E-state index contributed by atoms with van der Waals surface area (Å²) in [5.74, 6) is -0.200. The second kappa shape index (κ2) is 12.9. The molecule has 1 N–H and O–H groups in total. The first-order chi connectivity index (χ1) is 20.4. The van der Waals surface area contributed by atoms with E-state index < -0.39 is 38.8 Å². The van der Waals surface area contributed by atoms with E-state index in [9.17, 15) is 31.2 Å². The first-order valence-corrected chi connectivity index (χ1v) is 16.3. The maximum absolute atomic E-state index is 14.4.